The molecular weight excluding hydrogens is 298 g/mol. The van der Waals surface area contributed by atoms with Gasteiger partial charge in [0.15, 0.2) is 0 Å². The molecule has 0 amide bonds. The zero-order valence-electron chi connectivity index (χ0n) is 10.8. The van der Waals surface area contributed by atoms with Crippen LogP contribution in [0.2, 0.25) is 0 Å². The molecule has 2 unspecified atom stereocenters. The first-order valence-corrected chi connectivity index (χ1v) is 6.87. The van der Waals surface area contributed by atoms with E-state index in [4.69, 9.17) is 4.74 Å². The summed E-state index contributed by atoms with van der Waals surface area (Å²) in [5, 5.41) is 9.54. The summed E-state index contributed by atoms with van der Waals surface area (Å²) in [6, 6.07) is 0.286. The molecule has 18 heavy (non-hydrogen) atoms. The van der Waals surface area contributed by atoms with E-state index < -0.39 is 0 Å². The third kappa shape index (κ3) is 2.31. The quantitative estimate of drug-likeness (QED) is 0.893. The number of rotatable bonds is 4. The molecule has 1 heterocycles. The van der Waals surface area contributed by atoms with Gasteiger partial charge in [0.05, 0.1) is 18.0 Å². The SMILES string of the molecule is CCOC1CC(Nc2cn[nH]c(=O)c2Br)C1(C)C. The molecule has 1 aliphatic carbocycles. The van der Waals surface area contributed by atoms with Crippen LogP contribution in [0, 0.1) is 5.41 Å². The summed E-state index contributed by atoms with van der Waals surface area (Å²) in [6.45, 7) is 7.08. The average molecular weight is 316 g/mol. The summed E-state index contributed by atoms with van der Waals surface area (Å²) in [5.74, 6) is 0. The molecule has 2 rings (SSSR count). The first-order valence-electron chi connectivity index (χ1n) is 6.08. The van der Waals surface area contributed by atoms with Crippen LogP contribution in [-0.2, 0) is 4.74 Å². The summed E-state index contributed by atoms with van der Waals surface area (Å²) in [6.07, 6.45) is 2.84. The molecule has 0 bridgehead atoms. The lowest BCUT2D eigenvalue weighted by Crippen LogP contribution is -2.58. The standard InChI is InChI=1S/C12H18BrN3O2/c1-4-18-9-5-8(12(9,2)3)15-7-6-14-16-11(17)10(7)13/h6,8-9H,4-5H2,1-3H3,(H2,15,16,17). The van der Waals surface area contributed by atoms with Gasteiger partial charge in [-0.05, 0) is 29.3 Å². The van der Waals surface area contributed by atoms with Gasteiger partial charge in [-0.2, -0.15) is 5.10 Å². The molecule has 2 N–H and O–H groups in total. The minimum Gasteiger partial charge on any atom is -0.379 e. The highest BCUT2D eigenvalue weighted by Gasteiger charge is 2.49. The van der Waals surface area contributed by atoms with Crippen molar-refractivity contribution in [1.29, 1.82) is 0 Å². The second kappa shape index (κ2) is 5.01. The molecule has 1 aliphatic rings. The molecule has 0 saturated heterocycles. The summed E-state index contributed by atoms with van der Waals surface area (Å²) in [7, 11) is 0. The molecule has 0 aliphatic heterocycles. The van der Waals surface area contributed by atoms with Crippen LogP contribution in [-0.4, -0.2) is 29.0 Å². The normalized spacial score (nSPS) is 25.6. The third-order valence-electron chi connectivity index (χ3n) is 3.67. The third-order valence-corrected chi connectivity index (χ3v) is 4.46. The summed E-state index contributed by atoms with van der Waals surface area (Å²) in [5.41, 5.74) is 0.558. The second-order valence-corrected chi connectivity index (χ2v) is 5.92. The highest BCUT2D eigenvalue weighted by Crippen LogP contribution is 2.44. The maximum atomic E-state index is 11.4. The smallest absolute Gasteiger partial charge is 0.280 e. The minimum atomic E-state index is -0.224. The molecule has 0 aromatic carbocycles. The number of H-pyrrole nitrogens is 1. The van der Waals surface area contributed by atoms with Crippen LogP contribution >= 0.6 is 15.9 Å². The number of aromatic amines is 1. The van der Waals surface area contributed by atoms with E-state index in [1.165, 1.54) is 0 Å². The zero-order valence-corrected chi connectivity index (χ0v) is 12.4. The van der Waals surface area contributed by atoms with E-state index in [9.17, 15) is 4.79 Å². The fraction of sp³-hybridized carbons (Fsp3) is 0.667. The van der Waals surface area contributed by atoms with Gasteiger partial charge in [0, 0.05) is 18.1 Å². The Morgan fingerprint density at radius 2 is 2.39 bits per heavy atom. The Bertz CT molecular complexity index is 486. The molecule has 1 saturated carbocycles. The lowest BCUT2D eigenvalue weighted by atomic mass is 9.64. The first-order chi connectivity index (χ1) is 8.46. The van der Waals surface area contributed by atoms with E-state index in [-0.39, 0.29) is 23.1 Å². The number of nitrogens with zero attached hydrogens (tertiary/aromatic N) is 1. The Labute approximate surface area is 114 Å². The van der Waals surface area contributed by atoms with Gasteiger partial charge in [0.1, 0.15) is 4.47 Å². The Balaban J connectivity index is 2.08. The van der Waals surface area contributed by atoms with Crippen LogP contribution in [0.5, 0.6) is 0 Å². The Hall–Kier alpha value is -0.880. The molecule has 0 radical (unpaired) electrons. The molecule has 5 nitrogen and oxygen atoms in total. The van der Waals surface area contributed by atoms with Crippen molar-refractivity contribution in [3.05, 3.63) is 21.0 Å². The molecule has 0 spiro atoms. The van der Waals surface area contributed by atoms with Gasteiger partial charge in [0.2, 0.25) is 0 Å². The highest BCUT2D eigenvalue weighted by atomic mass is 79.9. The topological polar surface area (TPSA) is 67.0 Å². The van der Waals surface area contributed by atoms with Crippen molar-refractivity contribution in [1.82, 2.24) is 10.2 Å². The van der Waals surface area contributed by atoms with Gasteiger partial charge in [0.25, 0.3) is 5.56 Å². The number of nitrogens with one attached hydrogen (secondary N) is 2. The predicted octanol–water partition coefficient (Wildman–Crippen LogP) is 2.15. The summed E-state index contributed by atoms with van der Waals surface area (Å²) in [4.78, 5) is 11.4. The van der Waals surface area contributed by atoms with E-state index in [1.807, 2.05) is 6.92 Å². The van der Waals surface area contributed by atoms with E-state index in [0.29, 0.717) is 4.47 Å². The number of ether oxygens (including phenoxy) is 1. The van der Waals surface area contributed by atoms with Crippen LogP contribution in [0.25, 0.3) is 0 Å². The van der Waals surface area contributed by atoms with Gasteiger partial charge in [-0.3, -0.25) is 4.79 Å². The lowest BCUT2D eigenvalue weighted by molar-refractivity contribution is -0.0976. The molecule has 2 atom stereocenters. The first kappa shape index (κ1) is 13.5. The second-order valence-electron chi connectivity index (χ2n) is 5.12. The monoisotopic (exact) mass is 315 g/mol. The largest absolute Gasteiger partial charge is 0.379 e. The van der Waals surface area contributed by atoms with E-state index in [2.05, 4.69) is 45.3 Å². The number of halogens is 1. The van der Waals surface area contributed by atoms with Gasteiger partial charge < -0.3 is 10.1 Å². The highest BCUT2D eigenvalue weighted by molar-refractivity contribution is 9.10. The van der Waals surface area contributed by atoms with E-state index in [1.54, 1.807) is 6.20 Å². The predicted molar refractivity (Wildman–Crippen MR) is 73.8 cm³/mol. The maximum Gasteiger partial charge on any atom is 0.280 e. The van der Waals surface area contributed by atoms with Crippen molar-refractivity contribution in [2.75, 3.05) is 11.9 Å². The van der Waals surface area contributed by atoms with Gasteiger partial charge in [-0.25, -0.2) is 5.10 Å². The molecular formula is C12H18BrN3O2. The zero-order chi connectivity index (χ0) is 13.3. The lowest BCUT2D eigenvalue weighted by Gasteiger charge is -2.52. The Morgan fingerprint density at radius 1 is 1.67 bits per heavy atom. The van der Waals surface area contributed by atoms with Crippen LogP contribution in [0.3, 0.4) is 0 Å². The fourth-order valence-corrected chi connectivity index (χ4v) is 2.59. The average Bonchev–Trinajstić information content (AvgIpc) is 2.33. The van der Waals surface area contributed by atoms with Crippen molar-refractivity contribution >= 4 is 21.6 Å². The van der Waals surface area contributed by atoms with Crippen LogP contribution < -0.4 is 10.9 Å². The summed E-state index contributed by atoms with van der Waals surface area (Å²) >= 11 is 3.27. The number of aromatic nitrogens is 2. The van der Waals surface area contributed by atoms with Crippen molar-refractivity contribution in [2.24, 2.45) is 5.41 Å². The van der Waals surface area contributed by atoms with Crippen molar-refractivity contribution in [3.63, 3.8) is 0 Å². The van der Waals surface area contributed by atoms with E-state index >= 15 is 0 Å². The van der Waals surface area contributed by atoms with Crippen molar-refractivity contribution < 1.29 is 4.74 Å². The van der Waals surface area contributed by atoms with E-state index in [0.717, 1.165) is 18.7 Å². The Kier molecular flexibility index (Phi) is 3.77. The molecule has 1 aromatic heterocycles. The van der Waals surface area contributed by atoms with Crippen molar-refractivity contribution in [3.8, 4) is 0 Å². The van der Waals surface area contributed by atoms with Crippen LogP contribution in [0.15, 0.2) is 15.5 Å². The van der Waals surface area contributed by atoms with Crippen molar-refractivity contribution in [2.45, 2.75) is 39.3 Å². The Morgan fingerprint density at radius 3 is 3.00 bits per heavy atom. The fourth-order valence-electron chi connectivity index (χ4n) is 2.29. The van der Waals surface area contributed by atoms with Crippen LogP contribution in [0.1, 0.15) is 27.2 Å². The number of anilines is 1. The molecule has 1 fully saturated rings. The molecule has 6 heteroatoms. The number of hydrogen-bond donors (Lipinski definition) is 2. The summed E-state index contributed by atoms with van der Waals surface area (Å²) < 4.78 is 6.17. The van der Waals surface area contributed by atoms with Gasteiger partial charge in [-0.1, -0.05) is 13.8 Å². The minimum absolute atomic E-state index is 0.0536. The van der Waals surface area contributed by atoms with Gasteiger partial charge in [-0.15, -0.1) is 0 Å². The molecule has 100 valence electrons. The maximum absolute atomic E-state index is 11.4. The van der Waals surface area contributed by atoms with Crippen LogP contribution in [0.4, 0.5) is 5.69 Å². The number of hydrogen-bond acceptors (Lipinski definition) is 4. The van der Waals surface area contributed by atoms with Gasteiger partial charge >= 0.3 is 0 Å². The molecule has 1 aromatic rings.